The van der Waals surface area contributed by atoms with Crippen molar-refractivity contribution in [2.45, 2.75) is 26.4 Å². The third kappa shape index (κ3) is 5.20. The second-order valence-electron chi connectivity index (χ2n) is 6.07. The summed E-state index contributed by atoms with van der Waals surface area (Å²) >= 11 is 6.12. The summed E-state index contributed by atoms with van der Waals surface area (Å²) in [5.41, 5.74) is 2.53. The molecule has 0 aliphatic carbocycles. The Bertz CT molecular complexity index is 811. The molecule has 0 fully saturated rings. The SMILES string of the molecule is COc1cc(Cl)c(C)cc1NC(C)C(=O)NCc1ccc(OC)c(OC)c1. The zero-order valence-electron chi connectivity index (χ0n) is 16.2. The number of hydrogen-bond donors (Lipinski definition) is 2. The van der Waals surface area contributed by atoms with E-state index in [2.05, 4.69) is 10.6 Å². The molecule has 0 radical (unpaired) electrons. The lowest BCUT2D eigenvalue weighted by molar-refractivity contribution is -0.121. The van der Waals surface area contributed by atoms with Crippen LogP contribution in [-0.2, 0) is 11.3 Å². The van der Waals surface area contributed by atoms with E-state index in [-0.39, 0.29) is 5.91 Å². The van der Waals surface area contributed by atoms with Gasteiger partial charge in [0.1, 0.15) is 11.8 Å². The first-order valence-electron chi connectivity index (χ1n) is 8.48. The number of ether oxygens (including phenoxy) is 3. The molecule has 2 aromatic rings. The molecule has 2 rings (SSSR count). The molecule has 2 aromatic carbocycles. The molecule has 0 aliphatic heterocycles. The first-order chi connectivity index (χ1) is 12.9. The molecule has 1 unspecified atom stereocenters. The molecule has 6 nitrogen and oxygen atoms in total. The van der Waals surface area contributed by atoms with Gasteiger partial charge in [-0.2, -0.15) is 0 Å². The summed E-state index contributed by atoms with van der Waals surface area (Å²) < 4.78 is 15.8. The predicted octanol–water partition coefficient (Wildman–Crippen LogP) is 3.79. The van der Waals surface area contributed by atoms with E-state index in [1.54, 1.807) is 34.3 Å². The van der Waals surface area contributed by atoms with Crippen LogP contribution in [0.3, 0.4) is 0 Å². The Balaban J connectivity index is 2.01. The summed E-state index contributed by atoms with van der Waals surface area (Å²) in [5, 5.41) is 6.69. The summed E-state index contributed by atoms with van der Waals surface area (Å²) in [5.74, 6) is 1.72. The molecule has 7 heteroatoms. The van der Waals surface area contributed by atoms with Gasteiger partial charge in [-0.15, -0.1) is 0 Å². The largest absolute Gasteiger partial charge is 0.495 e. The maximum absolute atomic E-state index is 12.5. The van der Waals surface area contributed by atoms with Gasteiger partial charge in [0.2, 0.25) is 5.91 Å². The molecule has 0 aromatic heterocycles. The smallest absolute Gasteiger partial charge is 0.242 e. The summed E-state index contributed by atoms with van der Waals surface area (Å²) in [6.45, 7) is 4.06. The number of benzene rings is 2. The Morgan fingerprint density at radius 1 is 1.04 bits per heavy atom. The van der Waals surface area contributed by atoms with Crippen LogP contribution in [0, 0.1) is 6.92 Å². The molecular formula is C20H25ClN2O4. The second kappa shape index (κ2) is 9.37. The van der Waals surface area contributed by atoms with E-state index in [0.29, 0.717) is 34.5 Å². The van der Waals surface area contributed by atoms with Gasteiger partial charge in [-0.05, 0) is 43.2 Å². The molecule has 0 saturated heterocycles. The summed E-state index contributed by atoms with van der Waals surface area (Å²) in [6.07, 6.45) is 0. The highest BCUT2D eigenvalue weighted by atomic mass is 35.5. The Morgan fingerprint density at radius 2 is 1.70 bits per heavy atom. The van der Waals surface area contributed by atoms with E-state index in [0.717, 1.165) is 11.1 Å². The van der Waals surface area contributed by atoms with E-state index < -0.39 is 6.04 Å². The van der Waals surface area contributed by atoms with E-state index >= 15 is 0 Å². The molecule has 1 atom stereocenters. The number of carbonyl (C=O) groups excluding carboxylic acids is 1. The fourth-order valence-corrected chi connectivity index (χ4v) is 2.73. The van der Waals surface area contributed by atoms with Crippen LogP contribution in [0.5, 0.6) is 17.2 Å². The lowest BCUT2D eigenvalue weighted by atomic mass is 10.1. The summed E-state index contributed by atoms with van der Waals surface area (Å²) in [6, 6.07) is 8.66. The van der Waals surface area contributed by atoms with Crippen molar-refractivity contribution in [1.29, 1.82) is 0 Å². The van der Waals surface area contributed by atoms with Crippen molar-refractivity contribution in [2.75, 3.05) is 26.6 Å². The Hall–Kier alpha value is -2.60. The number of carbonyl (C=O) groups is 1. The molecule has 0 heterocycles. The van der Waals surface area contributed by atoms with Crippen molar-refractivity contribution in [3.8, 4) is 17.2 Å². The van der Waals surface area contributed by atoms with Gasteiger partial charge in [0.25, 0.3) is 0 Å². The van der Waals surface area contributed by atoms with E-state index in [4.69, 9.17) is 25.8 Å². The second-order valence-corrected chi connectivity index (χ2v) is 6.48. The van der Waals surface area contributed by atoms with E-state index in [1.165, 1.54) is 0 Å². The highest BCUT2D eigenvalue weighted by Crippen LogP contribution is 2.31. The zero-order valence-corrected chi connectivity index (χ0v) is 16.9. The van der Waals surface area contributed by atoms with Crippen LogP contribution in [0.15, 0.2) is 30.3 Å². The monoisotopic (exact) mass is 392 g/mol. The normalized spacial score (nSPS) is 11.5. The van der Waals surface area contributed by atoms with Crippen LogP contribution in [-0.4, -0.2) is 33.3 Å². The van der Waals surface area contributed by atoms with Crippen LogP contribution < -0.4 is 24.8 Å². The van der Waals surface area contributed by atoms with Crippen LogP contribution in [0.1, 0.15) is 18.1 Å². The van der Waals surface area contributed by atoms with Gasteiger partial charge in [0.15, 0.2) is 11.5 Å². The van der Waals surface area contributed by atoms with Crippen LogP contribution in [0.4, 0.5) is 5.69 Å². The number of anilines is 1. The molecule has 146 valence electrons. The van der Waals surface area contributed by atoms with Crippen molar-refractivity contribution >= 4 is 23.2 Å². The number of amides is 1. The van der Waals surface area contributed by atoms with Gasteiger partial charge in [-0.1, -0.05) is 17.7 Å². The quantitative estimate of drug-likeness (QED) is 0.715. The number of halogens is 1. The topological polar surface area (TPSA) is 68.8 Å². The molecule has 2 N–H and O–H groups in total. The molecule has 1 amide bonds. The van der Waals surface area contributed by atoms with Crippen molar-refractivity contribution in [1.82, 2.24) is 5.32 Å². The maximum Gasteiger partial charge on any atom is 0.242 e. The van der Waals surface area contributed by atoms with E-state index in [1.807, 2.05) is 31.2 Å². The Labute approximate surface area is 164 Å². The summed E-state index contributed by atoms with van der Waals surface area (Å²) in [7, 11) is 4.72. The fourth-order valence-electron chi connectivity index (χ4n) is 2.58. The number of nitrogens with one attached hydrogen (secondary N) is 2. The lowest BCUT2D eigenvalue weighted by Gasteiger charge is -2.18. The Kier molecular flexibility index (Phi) is 7.19. The number of rotatable bonds is 8. The first kappa shape index (κ1) is 20.7. The fraction of sp³-hybridized carbons (Fsp3) is 0.350. The molecular weight excluding hydrogens is 368 g/mol. The standard InChI is InChI=1S/C20H25ClN2O4/c1-12-8-16(18(26-4)10-15(12)21)23-13(2)20(24)22-11-14-6-7-17(25-3)19(9-14)27-5/h6-10,13,23H,11H2,1-5H3,(H,22,24). The number of hydrogen-bond acceptors (Lipinski definition) is 5. The van der Waals surface area contributed by atoms with Gasteiger partial charge in [0, 0.05) is 17.6 Å². The van der Waals surface area contributed by atoms with E-state index in [9.17, 15) is 4.79 Å². The number of methoxy groups -OCH3 is 3. The average molecular weight is 393 g/mol. The highest BCUT2D eigenvalue weighted by molar-refractivity contribution is 6.31. The molecule has 0 bridgehead atoms. The van der Waals surface area contributed by atoms with Gasteiger partial charge < -0.3 is 24.8 Å². The minimum Gasteiger partial charge on any atom is -0.495 e. The third-order valence-corrected chi connectivity index (χ3v) is 4.57. The maximum atomic E-state index is 12.5. The highest BCUT2D eigenvalue weighted by Gasteiger charge is 2.16. The van der Waals surface area contributed by atoms with Crippen LogP contribution in [0.2, 0.25) is 5.02 Å². The van der Waals surface area contributed by atoms with Crippen molar-refractivity contribution < 1.29 is 19.0 Å². The van der Waals surface area contributed by atoms with Gasteiger partial charge >= 0.3 is 0 Å². The van der Waals surface area contributed by atoms with Crippen molar-refractivity contribution in [3.05, 3.63) is 46.5 Å². The predicted molar refractivity (Wildman–Crippen MR) is 107 cm³/mol. The minimum atomic E-state index is -0.459. The minimum absolute atomic E-state index is 0.139. The molecule has 0 aliphatic rings. The van der Waals surface area contributed by atoms with Crippen LogP contribution >= 0.6 is 11.6 Å². The van der Waals surface area contributed by atoms with Gasteiger partial charge in [0.05, 0.1) is 27.0 Å². The first-order valence-corrected chi connectivity index (χ1v) is 8.86. The zero-order chi connectivity index (χ0) is 20.0. The van der Waals surface area contributed by atoms with Gasteiger partial charge in [-0.25, -0.2) is 0 Å². The van der Waals surface area contributed by atoms with Crippen molar-refractivity contribution in [3.63, 3.8) is 0 Å². The molecule has 27 heavy (non-hydrogen) atoms. The third-order valence-electron chi connectivity index (χ3n) is 4.16. The van der Waals surface area contributed by atoms with Gasteiger partial charge in [-0.3, -0.25) is 4.79 Å². The molecule has 0 saturated carbocycles. The lowest BCUT2D eigenvalue weighted by Crippen LogP contribution is -2.37. The average Bonchev–Trinajstić information content (AvgIpc) is 2.68. The van der Waals surface area contributed by atoms with Crippen LogP contribution in [0.25, 0.3) is 0 Å². The van der Waals surface area contributed by atoms with Crippen molar-refractivity contribution in [2.24, 2.45) is 0 Å². The number of aryl methyl sites for hydroxylation is 1. The Morgan fingerprint density at radius 3 is 2.33 bits per heavy atom. The molecule has 0 spiro atoms. The summed E-state index contributed by atoms with van der Waals surface area (Å²) in [4.78, 5) is 12.5.